The van der Waals surface area contributed by atoms with Crippen molar-refractivity contribution in [1.29, 1.82) is 0 Å². The molecule has 1 heterocycles. The van der Waals surface area contributed by atoms with Crippen LogP contribution < -0.4 is 0 Å². The lowest BCUT2D eigenvalue weighted by molar-refractivity contribution is -0.910. The van der Waals surface area contributed by atoms with E-state index in [-0.39, 0.29) is 16.3 Å². The zero-order valence-electron chi connectivity index (χ0n) is 11.2. The molecule has 18 heavy (non-hydrogen) atoms. The van der Waals surface area contributed by atoms with Crippen LogP contribution in [0.5, 0.6) is 0 Å². The molecule has 2 fully saturated rings. The zero-order chi connectivity index (χ0) is 13.7. The Kier molecular flexibility index (Phi) is 2.93. The standard InChI is InChI=1S/C13H21NO4/c1-13(2,3)14(12(17)18)7-8-5-4-6-9(8)10(14)11(15)16/h8-10H,4-7H2,1-3H3,(H-,15,16,17,18)/p+1/t8-,9-,10-,14?/m0/s1. The van der Waals surface area contributed by atoms with Gasteiger partial charge in [-0.05, 0) is 33.6 Å². The maximum Gasteiger partial charge on any atom is 0.514 e. The highest BCUT2D eigenvalue weighted by Crippen LogP contribution is 2.50. The highest BCUT2D eigenvalue weighted by Gasteiger charge is 2.67. The number of carboxylic acid groups (broad SMARTS) is 2. The molecule has 5 nitrogen and oxygen atoms in total. The Morgan fingerprint density at radius 1 is 1.17 bits per heavy atom. The number of aliphatic carboxylic acids is 1. The van der Waals surface area contributed by atoms with Crippen LogP contribution in [-0.2, 0) is 4.79 Å². The number of amides is 1. The zero-order valence-corrected chi connectivity index (χ0v) is 11.2. The number of fused-ring (bicyclic) bond motifs is 1. The van der Waals surface area contributed by atoms with Crippen molar-refractivity contribution >= 4 is 12.1 Å². The average molecular weight is 256 g/mol. The third kappa shape index (κ3) is 1.56. The normalized spacial score (nSPS) is 39.6. The summed E-state index contributed by atoms with van der Waals surface area (Å²) in [5, 5.41) is 19.2. The van der Waals surface area contributed by atoms with Gasteiger partial charge in [0.2, 0.25) is 6.04 Å². The first-order valence-electron chi connectivity index (χ1n) is 6.56. The second kappa shape index (κ2) is 3.95. The highest BCUT2D eigenvalue weighted by atomic mass is 16.4. The summed E-state index contributed by atoms with van der Waals surface area (Å²) in [6, 6.07) is -0.796. The summed E-state index contributed by atoms with van der Waals surface area (Å²) < 4.78 is -0.322. The van der Waals surface area contributed by atoms with Crippen LogP contribution in [0.15, 0.2) is 0 Å². The van der Waals surface area contributed by atoms with Crippen molar-refractivity contribution in [3.63, 3.8) is 0 Å². The maximum absolute atomic E-state index is 11.8. The largest absolute Gasteiger partial charge is 0.514 e. The average Bonchev–Trinajstić information content (AvgIpc) is 2.70. The van der Waals surface area contributed by atoms with Gasteiger partial charge >= 0.3 is 12.1 Å². The maximum atomic E-state index is 11.8. The quantitative estimate of drug-likeness (QED) is 0.705. The van der Waals surface area contributed by atoms with Gasteiger partial charge in [0.05, 0.1) is 6.54 Å². The molecule has 5 heteroatoms. The van der Waals surface area contributed by atoms with Gasteiger partial charge in [-0.2, -0.15) is 4.79 Å². The molecule has 2 rings (SSSR count). The number of carbonyl (C=O) groups is 2. The lowest BCUT2D eigenvalue weighted by Gasteiger charge is -2.44. The lowest BCUT2D eigenvalue weighted by atomic mass is 9.92. The molecule has 1 aliphatic heterocycles. The van der Waals surface area contributed by atoms with E-state index in [1.165, 1.54) is 0 Å². The number of likely N-dealkylation sites (tertiary alicyclic amines) is 1. The number of hydrogen-bond acceptors (Lipinski definition) is 2. The SMILES string of the molecule is CC(C)(C)[N+]1(C(=O)O)C[C@@H]2CCC[C@@H]2[C@H]1C(=O)O. The molecule has 0 aromatic carbocycles. The number of hydrogen-bond donors (Lipinski definition) is 2. The van der Waals surface area contributed by atoms with E-state index in [0.29, 0.717) is 6.54 Å². The molecule has 2 N–H and O–H groups in total. The molecule has 4 atom stereocenters. The molecule has 1 saturated carbocycles. The minimum atomic E-state index is -0.996. The number of quaternary nitrogens is 1. The summed E-state index contributed by atoms with van der Waals surface area (Å²) in [7, 11) is 0. The van der Waals surface area contributed by atoms with Gasteiger partial charge in [0.25, 0.3) is 0 Å². The van der Waals surface area contributed by atoms with Crippen LogP contribution in [0, 0.1) is 11.8 Å². The van der Waals surface area contributed by atoms with Crippen LogP contribution in [0.3, 0.4) is 0 Å². The third-order valence-corrected chi connectivity index (χ3v) is 4.91. The summed E-state index contributed by atoms with van der Waals surface area (Å²) in [4.78, 5) is 23.5. The minimum absolute atomic E-state index is 0.0258. The first kappa shape index (κ1) is 13.3. The van der Waals surface area contributed by atoms with Gasteiger partial charge in [0.1, 0.15) is 5.54 Å². The third-order valence-electron chi connectivity index (χ3n) is 4.91. The Bertz CT molecular complexity index is 387. The molecule has 1 amide bonds. The molecule has 0 aromatic heterocycles. The molecule has 0 spiro atoms. The van der Waals surface area contributed by atoms with Crippen LogP contribution in [0.25, 0.3) is 0 Å². The topological polar surface area (TPSA) is 74.6 Å². The highest BCUT2D eigenvalue weighted by molar-refractivity contribution is 5.76. The molecule has 1 unspecified atom stereocenters. The van der Waals surface area contributed by atoms with Crippen LogP contribution in [-0.4, -0.2) is 44.9 Å². The van der Waals surface area contributed by atoms with Gasteiger partial charge in [-0.15, -0.1) is 0 Å². The van der Waals surface area contributed by atoms with Gasteiger partial charge in [-0.25, -0.2) is 9.28 Å². The number of carboxylic acids is 1. The fourth-order valence-electron chi connectivity index (χ4n) is 4.06. The molecule has 102 valence electrons. The van der Waals surface area contributed by atoms with Gasteiger partial charge in [-0.3, -0.25) is 0 Å². The second-order valence-corrected chi connectivity index (χ2v) is 6.64. The van der Waals surface area contributed by atoms with Crippen molar-refractivity contribution in [1.82, 2.24) is 0 Å². The molecular formula is C13H22NO4+. The van der Waals surface area contributed by atoms with Crippen molar-refractivity contribution in [2.45, 2.75) is 51.6 Å². The Labute approximate surface area is 107 Å². The molecule has 0 bridgehead atoms. The van der Waals surface area contributed by atoms with E-state index in [2.05, 4.69) is 0 Å². The molecule has 0 aromatic rings. The first-order valence-corrected chi connectivity index (χ1v) is 6.56. The van der Waals surface area contributed by atoms with Gasteiger partial charge in [0, 0.05) is 11.8 Å². The van der Waals surface area contributed by atoms with E-state index in [4.69, 9.17) is 0 Å². The van der Waals surface area contributed by atoms with Crippen LogP contribution in [0.1, 0.15) is 40.0 Å². The van der Waals surface area contributed by atoms with Crippen molar-refractivity contribution in [2.75, 3.05) is 6.54 Å². The second-order valence-electron chi connectivity index (χ2n) is 6.64. The summed E-state index contributed by atoms with van der Waals surface area (Å²) in [6.07, 6.45) is 1.86. The van der Waals surface area contributed by atoms with E-state index in [9.17, 15) is 19.8 Å². The van der Waals surface area contributed by atoms with Gasteiger partial charge < -0.3 is 10.2 Å². The molecule has 2 aliphatic rings. The Morgan fingerprint density at radius 3 is 2.22 bits per heavy atom. The molecule has 1 aliphatic carbocycles. The van der Waals surface area contributed by atoms with E-state index < -0.39 is 23.6 Å². The van der Waals surface area contributed by atoms with Crippen molar-refractivity contribution in [2.24, 2.45) is 11.8 Å². The van der Waals surface area contributed by atoms with Crippen LogP contribution >= 0.6 is 0 Å². The number of rotatable bonds is 1. The summed E-state index contributed by atoms with van der Waals surface area (Å²) >= 11 is 0. The Balaban J connectivity index is 2.52. The first-order chi connectivity index (χ1) is 8.22. The van der Waals surface area contributed by atoms with E-state index in [1.54, 1.807) is 0 Å². The lowest BCUT2D eigenvalue weighted by Crippen LogP contribution is -2.68. The summed E-state index contributed by atoms with van der Waals surface area (Å²) in [5.41, 5.74) is -0.598. The predicted molar refractivity (Wildman–Crippen MR) is 65.2 cm³/mol. The summed E-state index contributed by atoms with van der Waals surface area (Å²) in [6.45, 7) is 5.95. The van der Waals surface area contributed by atoms with E-state index >= 15 is 0 Å². The van der Waals surface area contributed by atoms with E-state index in [1.807, 2.05) is 20.8 Å². The van der Waals surface area contributed by atoms with E-state index in [0.717, 1.165) is 19.3 Å². The van der Waals surface area contributed by atoms with Gasteiger partial charge in [-0.1, -0.05) is 6.42 Å². The Hall–Kier alpha value is -1.10. The van der Waals surface area contributed by atoms with Crippen molar-refractivity contribution in [3.05, 3.63) is 0 Å². The fraction of sp³-hybridized carbons (Fsp3) is 0.846. The van der Waals surface area contributed by atoms with Crippen LogP contribution in [0.4, 0.5) is 4.79 Å². The van der Waals surface area contributed by atoms with Crippen LogP contribution in [0.2, 0.25) is 0 Å². The molecular weight excluding hydrogens is 234 g/mol. The molecule has 0 radical (unpaired) electrons. The van der Waals surface area contributed by atoms with Crippen molar-refractivity contribution < 1.29 is 24.3 Å². The number of nitrogens with zero attached hydrogens (tertiary/aromatic N) is 1. The fourth-order valence-corrected chi connectivity index (χ4v) is 4.06. The smallest absolute Gasteiger partial charge is 0.477 e. The molecule has 1 saturated heterocycles. The summed E-state index contributed by atoms with van der Waals surface area (Å²) in [5.74, 6) is -0.680. The van der Waals surface area contributed by atoms with Crippen molar-refractivity contribution in [3.8, 4) is 0 Å². The van der Waals surface area contributed by atoms with Gasteiger partial charge in [0.15, 0.2) is 0 Å². The Morgan fingerprint density at radius 2 is 1.78 bits per heavy atom. The predicted octanol–water partition coefficient (Wildman–Crippen LogP) is 2.16. The monoisotopic (exact) mass is 256 g/mol. The minimum Gasteiger partial charge on any atom is -0.477 e.